The minimum Gasteiger partial charge on any atom is -0.478 e. The van der Waals surface area contributed by atoms with E-state index in [1.807, 2.05) is 0 Å². The van der Waals surface area contributed by atoms with E-state index >= 15 is 0 Å². The van der Waals surface area contributed by atoms with Crippen molar-refractivity contribution < 1.29 is 39.0 Å². The van der Waals surface area contributed by atoms with E-state index in [4.69, 9.17) is 0 Å². The maximum absolute atomic E-state index is 12.1. The lowest BCUT2D eigenvalue weighted by Gasteiger charge is -2.18. The first-order chi connectivity index (χ1) is 16.2. The van der Waals surface area contributed by atoms with Gasteiger partial charge in [0.1, 0.15) is 0 Å². The Balaban J connectivity index is 1.62. The molecule has 0 aromatic heterocycles. The molecule has 0 saturated carbocycles. The Bertz CT molecular complexity index is 1150. The summed E-state index contributed by atoms with van der Waals surface area (Å²) in [6, 6.07) is 8.52. The van der Waals surface area contributed by atoms with Gasteiger partial charge in [0.05, 0.1) is 22.5 Å². The molecule has 0 spiro atoms. The van der Waals surface area contributed by atoms with Crippen LogP contribution in [0, 0.1) is 0 Å². The van der Waals surface area contributed by atoms with Crippen LogP contribution in [0.4, 0.5) is 11.4 Å². The lowest BCUT2D eigenvalue weighted by Crippen LogP contribution is -2.30. The molecule has 2 aliphatic rings. The maximum Gasteiger partial charge on any atom is 0.337 e. The predicted octanol–water partition coefficient (Wildman–Crippen LogP) is 3.19. The zero-order valence-electron chi connectivity index (χ0n) is 17.3. The minimum atomic E-state index is -1.28. The number of rotatable bonds is 7. The van der Waals surface area contributed by atoms with Crippen LogP contribution in [0.5, 0.6) is 0 Å². The second-order valence-corrected chi connectivity index (χ2v) is 9.66. The summed E-state index contributed by atoms with van der Waals surface area (Å²) in [5.74, 6) is -4.46. The highest BCUT2D eigenvalue weighted by atomic mass is 33.1. The third-order valence-corrected chi connectivity index (χ3v) is 7.60. The highest BCUT2D eigenvalue weighted by molar-refractivity contribution is 8.76. The Morgan fingerprint density at radius 3 is 1.24 bits per heavy atom. The fourth-order valence-corrected chi connectivity index (χ4v) is 5.60. The monoisotopic (exact) mass is 500 g/mol. The van der Waals surface area contributed by atoms with Crippen LogP contribution in [-0.2, 0) is 19.2 Å². The number of aromatic carboxylic acids is 2. The highest BCUT2D eigenvalue weighted by Gasteiger charge is 2.34. The van der Waals surface area contributed by atoms with Gasteiger partial charge in [-0.15, -0.1) is 0 Å². The number of benzene rings is 2. The third kappa shape index (κ3) is 4.41. The number of amides is 4. The number of carboxylic acids is 2. The van der Waals surface area contributed by atoms with Crippen molar-refractivity contribution in [1.29, 1.82) is 0 Å². The van der Waals surface area contributed by atoms with E-state index in [0.29, 0.717) is 9.79 Å². The lowest BCUT2D eigenvalue weighted by atomic mass is 10.1. The molecule has 0 unspecified atom stereocenters. The molecule has 0 aliphatic carbocycles. The average molecular weight is 501 g/mol. The van der Waals surface area contributed by atoms with Gasteiger partial charge < -0.3 is 10.2 Å². The number of carboxylic acid groups (broad SMARTS) is 2. The van der Waals surface area contributed by atoms with E-state index < -0.39 is 35.6 Å². The Morgan fingerprint density at radius 1 is 0.618 bits per heavy atom. The van der Waals surface area contributed by atoms with Gasteiger partial charge in [0, 0.05) is 35.5 Å². The largest absolute Gasteiger partial charge is 0.478 e. The van der Waals surface area contributed by atoms with Crippen molar-refractivity contribution in [2.45, 2.75) is 35.5 Å². The molecule has 174 valence electrons. The number of anilines is 2. The van der Waals surface area contributed by atoms with Crippen LogP contribution in [0.3, 0.4) is 0 Å². The second-order valence-electron chi connectivity index (χ2n) is 7.38. The molecule has 2 heterocycles. The molecule has 34 heavy (non-hydrogen) atoms. The van der Waals surface area contributed by atoms with Crippen molar-refractivity contribution in [3.63, 3.8) is 0 Å². The van der Waals surface area contributed by atoms with Crippen molar-refractivity contribution in [2.75, 3.05) is 9.80 Å². The Hall–Kier alpha value is -3.64. The first kappa shape index (κ1) is 23.5. The molecule has 2 aromatic rings. The molecule has 0 atom stereocenters. The summed E-state index contributed by atoms with van der Waals surface area (Å²) >= 11 is 0. The molecular formula is C22H16N2O8S2. The standard InChI is InChI=1S/C22H16N2O8S2/c25-17-5-6-18(26)23(17)15-9-11(1-3-13(15)21(29)30)33-34-12-2-4-14(22(31)32)16(10-12)24-19(27)7-8-20(24)28/h1-4,9-10H,5-8H2,(H,29,30)(H,31,32). The number of carbonyl (C=O) groups is 6. The number of imide groups is 2. The number of carbonyl (C=O) groups excluding carboxylic acids is 4. The summed E-state index contributed by atoms with van der Waals surface area (Å²) in [4.78, 5) is 74.6. The van der Waals surface area contributed by atoms with E-state index in [1.165, 1.54) is 58.0 Å². The van der Waals surface area contributed by atoms with Crippen molar-refractivity contribution in [2.24, 2.45) is 0 Å². The minimum absolute atomic E-state index is 0.0106. The zero-order valence-corrected chi connectivity index (χ0v) is 19.0. The number of hydrogen-bond acceptors (Lipinski definition) is 8. The Labute approximate surface area is 200 Å². The first-order valence-corrected chi connectivity index (χ1v) is 12.1. The molecule has 2 saturated heterocycles. The van der Waals surface area contributed by atoms with Crippen molar-refractivity contribution >= 4 is 68.5 Å². The number of hydrogen-bond donors (Lipinski definition) is 2. The fourth-order valence-electron chi connectivity index (χ4n) is 3.65. The van der Waals surface area contributed by atoms with Crippen LogP contribution in [0.2, 0.25) is 0 Å². The Kier molecular flexibility index (Phi) is 6.44. The summed E-state index contributed by atoms with van der Waals surface area (Å²) in [6.07, 6.45) is 0.0423. The molecule has 2 N–H and O–H groups in total. The second kappa shape index (κ2) is 9.31. The third-order valence-electron chi connectivity index (χ3n) is 5.22. The van der Waals surface area contributed by atoms with Gasteiger partial charge in [0.15, 0.2) is 0 Å². The van der Waals surface area contributed by atoms with E-state index in [-0.39, 0.29) is 48.2 Å². The first-order valence-electron chi connectivity index (χ1n) is 9.98. The molecular weight excluding hydrogens is 484 g/mol. The summed E-state index contributed by atoms with van der Waals surface area (Å²) in [5, 5.41) is 19.0. The van der Waals surface area contributed by atoms with Crippen LogP contribution >= 0.6 is 21.6 Å². The summed E-state index contributed by atoms with van der Waals surface area (Å²) < 4.78 is 0. The van der Waals surface area contributed by atoms with Crippen molar-refractivity contribution in [1.82, 2.24) is 0 Å². The van der Waals surface area contributed by atoms with Gasteiger partial charge in [-0.1, -0.05) is 21.6 Å². The molecule has 12 heteroatoms. The van der Waals surface area contributed by atoms with Gasteiger partial charge in [-0.25, -0.2) is 19.4 Å². The van der Waals surface area contributed by atoms with Gasteiger partial charge in [-0.3, -0.25) is 19.2 Å². The van der Waals surface area contributed by atoms with Crippen LogP contribution in [0.1, 0.15) is 46.4 Å². The van der Waals surface area contributed by atoms with Crippen LogP contribution < -0.4 is 9.80 Å². The maximum atomic E-state index is 12.1. The highest BCUT2D eigenvalue weighted by Crippen LogP contribution is 2.42. The van der Waals surface area contributed by atoms with Gasteiger partial charge in [-0.05, 0) is 36.4 Å². The molecule has 0 radical (unpaired) electrons. The van der Waals surface area contributed by atoms with Crippen LogP contribution in [0.25, 0.3) is 0 Å². The van der Waals surface area contributed by atoms with Crippen LogP contribution in [-0.4, -0.2) is 45.8 Å². The van der Waals surface area contributed by atoms with Crippen LogP contribution in [0.15, 0.2) is 46.2 Å². The summed E-state index contributed by atoms with van der Waals surface area (Å²) in [6.45, 7) is 0. The Morgan fingerprint density at radius 2 is 0.941 bits per heavy atom. The van der Waals surface area contributed by atoms with E-state index in [0.717, 1.165) is 9.80 Å². The van der Waals surface area contributed by atoms with Crippen molar-refractivity contribution in [3.05, 3.63) is 47.5 Å². The number of nitrogens with zero attached hydrogens (tertiary/aromatic N) is 2. The lowest BCUT2D eigenvalue weighted by molar-refractivity contribution is -0.122. The van der Waals surface area contributed by atoms with Gasteiger partial charge in [0.25, 0.3) is 0 Å². The zero-order chi connectivity index (χ0) is 24.6. The normalized spacial score (nSPS) is 16.0. The SMILES string of the molecule is O=C(O)c1ccc(SSc2ccc(C(=O)O)c(N3C(=O)CCC3=O)c2)cc1N1C(=O)CCC1=O. The quantitative estimate of drug-likeness (QED) is 0.429. The van der Waals surface area contributed by atoms with Crippen molar-refractivity contribution in [3.8, 4) is 0 Å². The van der Waals surface area contributed by atoms with Gasteiger partial charge in [-0.2, -0.15) is 0 Å². The van der Waals surface area contributed by atoms with Gasteiger partial charge >= 0.3 is 11.9 Å². The molecule has 0 bridgehead atoms. The molecule has 2 aliphatic heterocycles. The molecule has 2 fully saturated rings. The smallest absolute Gasteiger partial charge is 0.337 e. The topological polar surface area (TPSA) is 149 Å². The van der Waals surface area contributed by atoms with E-state index in [9.17, 15) is 39.0 Å². The van der Waals surface area contributed by atoms with E-state index in [2.05, 4.69) is 0 Å². The fraction of sp³-hybridized carbons (Fsp3) is 0.182. The molecule has 10 nitrogen and oxygen atoms in total. The summed E-state index contributed by atoms with van der Waals surface area (Å²) in [7, 11) is 2.35. The molecule has 4 amide bonds. The van der Waals surface area contributed by atoms with Gasteiger partial charge in [0.2, 0.25) is 23.6 Å². The summed E-state index contributed by atoms with van der Waals surface area (Å²) in [5.41, 5.74) is -0.393. The molecule has 2 aromatic carbocycles. The predicted molar refractivity (Wildman–Crippen MR) is 122 cm³/mol. The molecule has 4 rings (SSSR count). The van der Waals surface area contributed by atoms with E-state index in [1.54, 1.807) is 0 Å². The average Bonchev–Trinajstić information content (AvgIpc) is 3.31.